The number of carboxylic acid groups (broad SMARTS) is 1. The second-order valence-electron chi connectivity index (χ2n) is 5.50. The Hall–Kier alpha value is -2.14. The third-order valence-electron chi connectivity index (χ3n) is 3.70. The fourth-order valence-electron chi connectivity index (χ4n) is 2.24. The molecule has 1 atom stereocenters. The van der Waals surface area contributed by atoms with Crippen molar-refractivity contribution in [2.45, 2.75) is 26.3 Å². The molecule has 2 rings (SSSR count). The van der Waals surface area contributed by atoms with E-state index < -0.39 is 17.9 Å². The largest absolute Gasteiger partial charge is 0.480 e. The van der Waals surface area contributed by atoms with Crippen LogP contribution in [0.25, 0.3) is 0 Å². The molecule has 0 heterocycles. The standard InChI is InChI=1S/C18H18BrNO3/c1-11-6-7-13(8-12(11)2)9-16(18(22)23)20-17(21)14-4-3-5-15(19)10-14/h3-8,10,16H,9H2,1-2H3,(H,20,21)(H,22,23)/t16-/m0/s1. The molecule has 0 saturated carbocycles. The van der Waals surface area contributed by atoms with Crippen molar-refractivity contribution in [3.05, 3.63) is 69.2 Å². The van der Waals surface area contributed by atoms with Crippen LogP contribution in [0.4, 0.5) is 0 Å². The highest BCUT2D eigenvalue weighted by atomic mass is 79.9. The molecular weight excluding hydrogens is 358 g/mol. The van der Waals surface area contributed by atoms with Gasteiger partial charge in [-0.1, -0.05) is 40.2 Å². The van der Waals surface area contributed by atoms with E-state index in [0.29, 0.717) is 5.56 Å². The zero-order valence-electron chi connectivity index (χ0n) is 13.0. The van der Waals surface area contributed by atoms with Crippen LogP contribution in [0.2, 0.25) is 0 Å². The number of halogens is 1. The van der Waals surface area contributed by atoms with Crippen molar-refractivity contribution in [2.75, 3.05) is 0 Å². The number of hydrogen-bond donors (Lipinski definition) is 2. The van der Waals surface area contributed by atoms with Crippen molar-refractivity contribution in [2.24, 2.45) is 0 Å². The van der Waals surface area contributed by atoms with E-state index in [9.17, 15) is 14.7 Å². The van der Waals surface area contributed by atoms with Crippen LogP contribution in [-0.2, 0) is 11.2 Å². The van der Waals surface area contributed by atoms with Gasteiger partial charge >= 0.3 is 5.97 Å². The summed E-state index contributed by atoms with van der Waals surface area (Å²) in [5, 5.41) is 12.0. The second kappa shape index (κ2) is 7.42. The lowest BCUT2D eigenvalue weighted by atomic mass is 10.0. The van der Waals surface area contributed by atoms with Crippen LogP contribution >= 0.6 is 15.9 Å². The number of amides is 1. The Morgan fingerprint density at radius 1 is 1.13 bits per heavy atom. The van der Waals surface area contributed by atoms with Crippen molar-refractivity contribution in [3.8, 4) is 0 Å². The van der Waals surface area contributed by atoms with Gasteiger partial charge in [0.05, 0.1) is 0 Å². The molecular formula is C18H18BrNO3. The second-order valence-corrected chi connectivity index (χ2v) is 6.41. The topological polar surface area (TPSA) is 66.4 Å². The van der Waals surface area contributed by atoms with E-state index in [1.165, 1.54) is 0 Å². The summed E-state index contributed by atoms with van der Waals surface area (Å²) >= 11 is 3.30. The highest BCUT2D eigenvalue weighted by Crippen LogP contribution is 2.14. The Morgan fingerprint density at radius 3 is 2.48 bits per heavy atom. The van der Waals surface area contributed by atoms with Crippen LogP contribution in [0.3, 0.4) is 0 Å². The van der Waals surface area contributed by atoms with Crippen molar-refractivity contribution >= 4 is 27.8 Å². The van der Waals surface area contributed by atoms with Gasteiger partial charge in [-0.3, -0.25) is 4.79 Å². The van der Waals surface area contributed by atoms with E-state index in [1.807, 2.05) is 32.0 Å². The van der Waals surface area contributed by atoms with Gasteiger partial charge in [-0.15, -0.1) is 0 Å². The maximum Gasteiger partial charge on any atom is 0.326 e. The van der Waals surface area contributed by atoms with Crippen molar-refractivity contribution in [1.82, 2.24) is 5.32 Å². The molecule has 2 aromatic rings. The summed E-state index contributed by atoms with van der Waals surface area (Å²) in [6.45, 7) is 3.98. The highest BCUT2D eigenvalue weighted by molar-refractivity contribution is 9.10. The molecule has 0 saturated heterocycles. The number of carbonyl (C=O) groups excluding carboxylic acids is 1. The van der Waals surface area contributed by atoms with Gasteiger partial charge < -0.3 is 10.4 Å². The third-order valence-corrected chi connectivity index (χ3v) is 4.19. The molecule has 2 N–H and O–H groups in total. The lowest BCUT2D eigenvalue weighted by Gasteiger charge is -2.15. The van der Waals surface area contributed by atoms with Crippen LogP contribution in [-0.4, -0.2) is 23.0 Å². The summed E-state index contributed by atoms with van der Waals surface area (Å²) in [4.78, 5) is 23.7. The minimum atomic E-state index is -1.05. The Bertz CT molecular complexity index is 743. The number of benzene rings is 2. The smallest absolute Gasteiger partial charge is 0.326 e. The number of carboxylic acids is 1. The molecule has 120 valence electrons. The molecule has 4 nitrogen and oxygen atoms in total. The summed E-state index contributed by atoms with van der Waals surface area (Å²) in [6, 6.07) is 11.7. The molecule has 0 aliphatic rings. The summed E-state index contributed by atoms with van der Waals surface area (Å²) < 4.78 is 0.770. The minimum Gasteiger partial charge on any atom is -0.480 e. The lowest BCUT2D eigenvalue weighted by molar-refractivity contribution is -0.139. The fraction of sp³-hybridized carbons (Fsp3) is 0.222. The first-order chi connectivity index (χ1) is 10.9. The molecule has 0 aromatic heterocycles. The zero-order chi connectivity index (χ0) is 17.0. The van der Waals surface area contributed by atoms with Crippen molar-refractivity contribution < 1.29 is 14.7 Å². The van der Waals surface area contributed by atoms with Crippen LogP contribution < -0.4 is 5.32 Å². The van der Waals surface area contributed by atoms with Crippen molar-refractivity contribution in [1.29, 1.82) is 0 Å². The average molecular weight is 376 g/mol. The molecule has 0 unspecified atom stereocenters. The predicted octanol–water partition coefficient (Wildman–Crippen LogP) is 3.49. The number of nitrogens with one attached hydrogen (secondary N) is 1. The van der Waals surface area contributed by atoms with Gasteiger partial charge in [0.1, 0.15) is 6.04 Å². The minimum absolute atomic E-state index is 0.246. The molecule has 23 heavy (non-hydrogen) atoms. The number of rotatable bonds is 5. The van der Waals surface area contributed by atoms with E-state index in [0.717, 1.165) is 21.2 Å². The van der Waals surface area contributed by atoms with Crippen LogP contribution in [0, 0.1) is 13.8 Å². The van der Waals surface area contributed by atoms with E-state index in [2.05, 4.69) is 21.2 Å². The van der Waals surface area contributed by atoms with Gasteiger partial charge in [-0.25, -0.2) is 4.79 Å². The summed E-state index contributed by atoms with van der Waals surface area (Å²) in [7, 11) is 0. The lowest BCUT2D eigenvalue weighted by Crippen LogP contribution is -2.42. The molecule has 0 aliphatic heterocycles. The molecule has 1 amide bonds. The number of aryl methyl sites for hydroxylation is 2. The van der Waals surface area contributed by atoms with Gasteiger partial charge in [0, 0.05) is 16.5 Å². The molecule has 0 spiro atoms. The maximum atomic E-state index is 12.2. The summed E-state index contributed by atoms with van der Waals surface area (Å²) in [6.07, 6.45) is 0.246. The Morgan fingerprint density at radius 2 is 1.87 bits per heavy atom. The third kappa shape index (κ3) is 4.66. The van der Waals surface area contributed by atoms with Gasteiger partial charge in [0.25, 0.3) is 5.91 Å². The molecule has 5 heteroatoms. The van der Waals surface area contributed by atoms with Crippen LogP contribution in [0.1, 0.15) is 27.0 Å². The molecule has 0 bridgehead atoms. The average Bonchev–Trinajstić information content (AvgIpc) is 2.50. The highest BCUT2D eigenvalue weighted by Gasteiger charge is 2.21. The number of aliphatic carboxylic acids is 1. The van der Waals surface area contributed by atoms with E-state index in [-0.39, 0.29) is 6.42 Å². The van der Waals surface area contributed by atoms with E-state index in [1.54, 1.807) is 24.3 Å². The SMILES string of the molecule is Cc1ccc(C[C@H](NC(=O)c2cccc(Br)c2)C(=O)O)cc1C. The number of hydrogen-bond acceptors (Lipinski definition) is 2. The first kappa shape index (κ1) is 17.2. The van der Waals surface area contributed by atoms with Gasteiger partial charge in [-0.05, 0) is 48.7 Å². The monoisotopic (exact) mass is 375 g/mol. The predicted molar refractivity (Wildman–Crippen MR) is 92.7 cm³/mol. The van der Waals surface area contributed by atoms with Crippen LogP contribution in [0.5, 0.6) is 0 Å². The normalized spacial score (nSPS) is 11.8. The fourth-order valence-corrected chi connectivity index (χ4v) is 2.64. The number of carbonyl (C=O) groups is 2. The Labute approximate surface area is 143 Å². The van der Waals surface area contributed by atoms with Gasteiger partial charge in [-0.2, -0.15) is 0 Å². The van der Waals surface area contributed by atoms with E-state index in [4.69, 9.17) is 0 Å². The first-order valence-corrected chi connectivity index (χ1v) is 8.01. The summed E-state index contributed by atoms with van der Waals surface area (Å²) in [5.41, 5.74) is 3.56. The summed E-state index contributed by atoms with van der Waals surface area (Å²) in [5.74, 6) is -1.45. The first-order valence-electron chi connectivity index (χ1n) is 7.22. The van der Waals surface area contributed by atoms with Gasteiger partial charge in [0.15, 0.2) is 0 Å². The quantitative estimate of drug-likeness (QED) is 0.840. The maximum absolute atomic E-state index is 12.2. The van der Waals surface area contributed by atoms with Gasteiger partial charge in [0.2, 0.25) is 0 Å². The molecule has 0 fully saturated rings. The zero-order valence-corrected chi connectivity index (χ0v) is 14.6. The molecule has 0 aliphatic carbocycles. The van der Waals surface area contributed by atoms with Crippen molar-refractivity contribution in [3.63, 3.8) is 0 Å². The van der Waals surface area contributed by atoms with E-state index >= 15 is 0 Å². The molecule has 0 radical (unpaired) electrons. The Kier molecular flexibility index (Phi) is 5.55. The molecule has 2 aromatic carbocycles. The Balaban J connectivity index is 2.14. The van der Waals surface area contributed by atoms with Crippen LogP contribution in [0.15, 0.2) is 46.9 Å².